The quantitative estimate of drug-likeness (QED) is 0.547. The summed E-state index contributed by atoms with van der Waals surface area (Å²) in [6, 6.07) is 16.9. The van der Waals surface area contributed by atoms with Gasteiger partial charge in [-0.15, -0.1) is 5.10 Å². The van der Waals surface area contributed by atoms with E-state index in [9.17, 15) is 14.4 Å². The molecule has 0 saturated carbocycles. The fraction of sp³-hybridized carbons (Fsp3) is 0.100. The molecule has 0 atom stereocenters. The highest BCUT2D eigenvalue weighted by molar-refractivity contribution is 5.52. The molecule has 2 heterocycles. The molecule has 0 spiro atoms. The van der Waals surface area contributed by atoms with E-state index in [2.05, 4.69) is 16.3 Å². The van der Waals surface area contributed by atoms with Crippen LogP contribution < -0.4 is 5.76 Å². The molecule has 0 aliphatic heterocycles. The van der Waals surface area contributed by atoms with Crippen molar-refractivity contribution in [2.24, 2.45) is 0 Å². The fourth-order valence-electron chi connectivity index (χ4n) is 2.91. The van der Waals surface area contributed by atoms with Gasteiger partial charge >= 0.3 is 5.76 Å². The molecule has 0 amide bonds. The summed E-state index contributed by atoms with van der Waals surface area (Å²) < 4.78 is 21.0. The first kappa shape index (κ1) is 17.4. The SMILES string of the molecule is Cc1nn(-c2ccccc2)c(Cn2nc(-c3ccc(F)cc3)oc2=O)c1C#N. The van der Waals surface area contributed by atoms with Crippen LogP contribution in [0.5, 0.6) is 0 Å². The molecule has 0 bridgehead atoms. The summed E-state index contributed by atoms with van der Waals surface area (Å²) in [5, 5.41) is 18.2. The Morgan fingerprint density at radius 2 is 1.82 bits per heavy atom. The minimum absolute atomic E-state index is 0.00214. The molecule has 0 N–H and O–H groups in total. The summed E-state index contributed by atoms with van der Waals surface area (Å²) >= 11 is 0. The maximum Gasteiger partial charge on any atom is 0.437 e. The number of nitriles is 1. The molecular weight excluding hydrogens is 361 g/mol. The van der Waals surface area contributed by atoms with Gasteiger partial charge in [0.25, 0.3) is 0 Å². The molecule has 0 radical (unpaired) electrons. The number of hydrogen-bond acceptors (Lipinski definition) is 5. The largest absolute Gasteiger partial charge is 0.437 e. The van der Waals surface area contributed by atoms with Gasteiger partial charge in [-0.3, -0.25) is 0 Å². The van der Waals surface area contributed by atoms with Crippen LogP contribution in [0.4, 0.5) is 4.39 Å². The molecule has 4 rings (SSSR count). The molecule has 4 aromatic rings. The average molecular weight is 375 g/mol. The topological polar surface area (TPSA) is 89.6 Å². The molecule has 28 heavy (non-hydrogen) atoms. The predicted molar refractivity (Wildman–Crippen MR) is 98.3 cm³/mol. The molecule has 138 valence electrons. The summed E-state index contributed by atoms with van der Waals surface area (Å²) in [6.45, 7) is 1.74. The molecule has 0 fully saturated rings. The Bertz CT molecular complexity index is 1230. The van der Waals surface area contributed by atoms with Crippen LogP contribution >= 0.6 is 0 Å². The molecule has 0 unspecified atom stereocenters. The van der Waals surface area contributed by atoms with Crippen molar-refractivity contribution < 1.29 is 8.81 Å². The number of benzene rings is 2. The number of rotatable bonds is 4. The first-order valence-electron chi connectivity index (χ1n) is 8.44. The highest BCUT2D eigenvalue weighted by Gasteiger charge is 2.19. The lowest BCUT2D eigenvalue weighted by molar-refractivity contribution is 0.491. The summed E-state index contributed by atoms with van der Waals surface area (Å²) in [7, 11) is 0. The van der Waals surface area contributed by atoms with Crippen LogP contribution in [0.15, 0.2) is 63.8 Å². The van der Waals surface area contributed by atoms with Crippen molar-refractivity contribution in [3.05, 3.63) is 87.9 Å². The molecule has 0 aliphatic rings. The molecule has 0 saturated heterocycles. The van der Waals surface area contributed by atoms with Gasteiger partial charge in [0.05, 0.1) is 29.2 Å². The van der Waals surface area contributed by atoms with Gasteiger partial charge in [-0.1, -0.05) is 18.2 Å². The Kier molecular flexibility index (Phi) is 4.33. The van der Waals surface area contributed by atoms with Gasteiger partial charge in [-0.2, -0.15) is 15.0 Å². The molecule has 2 aromatic heterocycles. The maximum absolute atomic E-state index is 13.1. The zero-order chi connectivity index (χ0) is 19.7. The third kappa shape index (κ3) is 3.10. The van der Waals surface area contributed by atoms with E-state index in [1.54, 1.807) is 11.6 Å². The monoisotopic (exact) mass is 375 g/mol. The number of halogens is 1. The molecule has 0 aliphatic carbocycles. The minimum Gasteiger partial charge on any atom is -0.388 e. The van der Waals surface area contributed by atoms with Crippen molar-refractivity contribution in [3.63, 3.8) is 0 Å². The van der Waals surface area contributed by atoms with Gasteiger partial charge in [0.2, 0.25) is 5.89 Å². The number of hydrogen-bond donors (Lipinski definition) is 0. The summed E-state index contributed by atoms with van der Waals surface area (Å²) in [5.74, 6) is -1.00. The third-order valence-electron chi connectivity index (χ3n) is 4.27. The lowest BCUT2D eigenvalue weighted by Crippen LogP contribution is -2.19. The van der Waals surface area contributed by atoms with Crippen molar-refractivity contribution in [3.8, 4) is 23.2 Å². The fourth-order valence-corrected chi connectivity index (χ4v) is 2.91. The first-order chi connectivity index (χ1) is 13.6. The van der Waals surface area contributed by atoms with E-state index in [1.807, 2.05) is 30.3 Å². The van der Waals surface area contributed by atoms with E-state index in [-0.39, 0.29) is 12.4 Å². The molecular formula is C20H14FN5O2. The van der Waals surface area contributed by atoms with Crippen LogP contribution in [0, 0.1) is 24.1 Å². The Morgan fingerprint density at radius 3 is 2.50 bits per heavy atom. The Morgan fingerprint density at radius 1 is 1.11 bits per heavy atom. The minimum atomic E-state index is -0.679. The zero-order valence-corrected chi connectivity index (χ0v) is 14.8. The van der Waals surface area contributed by atoms with Crippen molar-refractivity contribution in [1.29, 1.82) is 5.26 Å². The smallest absolute Gasteiger partial charge is 0.388 e. The summed E-state index contributed by atoms with van der Waals surface area (Å²) in [6.07, 6.45) is 0. The van der Waals surface area contributed by atoms with Gasteiger partial charge in [0, 0.05) is 5.56 Å². The van der Waals surface area contributed by atoms with E-state index >= 15 is 0 Å². The van der Waals surface area contributed by atoms with E-state index in [1.165, 1.54) is 24.3 Å². The standard InChI is InChI=1S/C20H14FN5O2/c1-13-17(11-22)18(26(23-13)16-5-3-2-4-6-16)12-25-20(27)28-19(24-25)14-7-9-15(21)10-8-14/h2-10H,12H2,1H3. The van der Waals surface area contributed by atoms with Crippen LogP contribution in [-0.2, 0) is 6.54 Å². The van der Waals surface area contributed by atoms with Crippen LogP contribution in [0.25, 0.3) is 17.1 Å². The summed E-state index contributed by atoms with van der Waals surface area (Å²) in [4.78, 5) is 12.3. The van der Waals surface area contributed by atoms with Crippen molar-refractivity contribution >= 4 is 0 Å². The van der Waals surface area contributed by atoms with Gasteiger partial charge in [-0.05, 0) is 43.3 Å². The van der Waals surface area contributed by atoms with Crippen LogP contribution in [0.3, 0.4) is 0 Å². The highest BCUT2D eigenvalue weighted by atomic mass is 19.1. The maximum atomic E-state index is 13.1. The first-order valence-corrected chi connectivity index (χ1v) is 8.44. The Hall–Kier alpha value is -3.99. The number of aromatic nitrogens is 4. The van der Waals surface area contributed by atoms with E-state index in [4.69, 9.17) is 4.42 Å². The Labute approximate surface area is 158 Å². The number of para-hydroxylation sites is 1. The number of nitrogens with zero attached hydrogens (tertiary/aromatic N) is 5. The van der Waals surface area contributed by atoms with Crippen molar-refractivity contribution in [1.82, 2.24) is 19.6 Å². The summed E-state index contributed by atoms with van der Waals surface area (Å²) in [5.41, 5.74) is 2.69. The normalized spacial score (nSPS) is 10.8. The predicted octanol–water partition coefficient (Wildman–Crippen LogP) is 3.06. The second-order valence-corrected chi connectivity index (χ2v) is 6.10. The third-order valence-corrected chi connectivity index (χ3v) is 4.27. The van der Waals surface area contributed by atoms with E-state index in [0.717, 1.165) is 10.4 Å². The van der Waals surface area contributed by atoms with E-state index in [0.29, 0.717) is 22.5 Å². The average Bonchev–Trinajstić information content (AvgIpc) is 3.23. The van der Waals surface area contributed by atoms with Gasteiger partial charge in [0.1, 0.15) is 11.9 Å². The van der Waals surface area contributed by atoms with Gasteiger partial charge < -0.3 is 4.42 Å². The number of aryl methyl sites for hydroxylation is 1. The second kappa shape index (κ2) is 6.96. The lowest BCUT2D eigenvalue weighted by atomic mass is 10.2. The van der Waals surface area contributed by atoms with Crippen molar-refractivity contribution in [2.45, 2.75) is 13.5 Å². The zero-order valence-electron chi connectivity index (χ0n) is 14.8. The second-order valence-electron chi connectivity index (χ2n) is 6.10. The van der Waals surface area contributed by atoms with Crippen LogP contribution in [0.2, 0.25) is 0 Å². The van der Waals surface area contributed by atoms with E-state index < -0.39 is 11.6 Å². The van der Waals surface area contributed by atoms with Crippen molar-refractivity contribution in [2.75, 3.05) is 0 Å². The van der Waals surface area contributed by atoms with Crippen LogP contribution in [-0.4, -0.2) is 19.6 Å². The highest BCUT2D eigenvalue weighted by Crippen LogP contribution is 2.20. The molecule has 8 heteroatoms. The lowest BCUT2D eigenvalue weighted by Gasteiger charge is -2.07. The van der Waals surface area contributed by atoms with Gasteiger partial charge in [-0.25, -0.2) is 13.9 Å². The van der Waals surface area contributed by atoms with Crippen LogP contribution in [0.1, 0.15) is 17.0 Å². The Balaban J connectivity index is 1.77. The van der Waals surface area contributed by atoms with Gasteiger partial charge in [0.15, 0.2) is 0 Å². The molecule has 2 aromatic carbocycles. The molecule has 7 nitrogen and oxygen atoms in total.